The van der Waals surface area contributed by atoms with Gasteiger partial charge in [-0.1, -0.05) is 277 Å². The molecule has 0 saturated heterocycles. The number of rotatable bonds is 56. The van der Waals surface area contributed by atoms with Gasteiger partial charge in [0.15, 0.2) is 6.10 Å². The highest BCUT2D eigenvalue weighted by Gasteiger charge is 2.19. The zero-order valence-corrected chi connectivity index (χ0v) is 49.5. The highest BCUT2D eigenvalue weighted by molar-refractivity contribution is 5.71. The van der Waals surface area contributed by atoms with E-state index in [2.05, 4.69) is 142 Å². The molecule has 0 bridgehead atoms. The molecule has 0 aromatic heterocycles. The predicted molar refractivity (Wildman–Crippen MR) is 330 cm³/mol. The average Bonchev–Trinajstić information content (AvgIpc) is 3.42. The van der Waals surface area contributed by atoms with Crippen molar-refractivity contribution in [3.63, 3.8) is 0 Å². The molecule has 0 N–H and O–H groups in total. The van der Waals surface area contributed by atoms with Crippen LogP contribution in [0.5, 0.6) is 0 Å². The summed E-state index contributed by atoms with van der Waals surface area (Å²) in [4.78, 5) is 38.3. The summed E-state index contributed by atoms with van der Waals surface area (Å²) in [5, 5.41) is 0. The Kier molecular flexibility index (Phi) is 59.9. The largest absolute Gasteiger partial charge is 0.462 e. The first-order valence-electron chi connectivity index (χ1n) is 31.5. The highest BCUT2D eigenvalue weighted by atomic mass is 16.6. The Labute approximate surface area is 469 Å². The third-order valence-corrected chi connectivity index (χ3v) is 13.2. The Morgan fingerprint density at radius 2 is 0.513 bits per heavy atom. The van der Waals surface area contributed by atoms with Crippen molar-refractivity contribution in [2.24, 2.45) is 0 Å². The van der Waals surface area contributed by atoms with Gasteiger partial charge < -0.3 is 14.2 Å². The maximum Gasteiger partial charge on any atom is 0.306 e. The molecule has 0 amide bonds. The summed E-state index contributed by atoms with van der Waals surface area (Å²) in [7, 11) is 0. The second kappa shape index (κ2) is 63.3. The quantitative estimate of drug-likeness (QED) is 0.0261. The number of allylic oxidation sites excluding steroid dienone is 20. The van der Waals surface area contributed by atoms with Crippen LogP contribution in [0.15, 0.2) is 122 Å². The second-order valence-corrected chi connectivity index (χ2v) is 20.6. The van der Waals surface area contributed by atoms with Crippen LogP contribution in [0.1, 0.15) is 284 Å². The average molecular weight is 1050 g/mol. The van der Waals surface area contributed by atoms with E-state index in [0.717, 1.165) is 148 Å². The molecule has 0 spiro atoms. The van der Waals surface area contributed by atoms with E-state index in [4.69, 9.17) is 14.2 Å². The number of unbranched alkanes of at least 4 members (excludes halogenated alkanes) is 25. The van der Waals surface area contributed by atoms with Crippen LogP contribution in [-0.4, -0.2) is 37.2 Å². The standard InChI is InChI=1S/C70H116O6/c1-4-7-10-13-16-19-22-25-28-31-32-33-34-35-36-37-38-40-42-45-48-51-54-57-60-63-69(72)75-66-67(65-74-68(71)62-59-56-53-50-47-44-41-30-27-24-21-18-15-12-9-6-3)76-70(73)64-61-58-55-52-49-46-43-39-29-26-23-20-17-14-11-8-5-2/h7-8,10-11,16-17,19-20,25-26,28-29,32-33,35-36,38,40,43,46,67H,4-6,9,12-15,18,21-24,27,30-31,34,37,39,41-42,44-45,47-66H2,1-3H3/b10-7-,11-8-,19-16-,20-17-,28-25-,29-26-,33-32-,36-35-,40-38-,46-43-. The minimum Gasteiger partial charge on any atom is -0.462 e. The van der Waals surface area contributed by atoms with Crippen molar-refractivity contribution in [1.82, 2.24) is 0 Å². The third kappa shape index (κ3) is 60.7. The normalized spacial score (nSPS) is 12.9. The summed E-state index contributed by atoms with van der Waals surface area (Å²) < 4.78 is 16.9. The number of carbonyl (C=O) groups excluding carboxylic acids is 3. The highest BCUT2D eigenvalue weighted by Crippen LogP contribution is 2.16. The summed E-state index contributed by atoms with van der Waals surface area (Å²) in [6.45, 7) is 6.40. The van der Waals surface area contributed by atoms with Gasteiger partial charge in [-0.05, 0) is 109 Å². The molecular formula is C70H116O6. The topological polar surface area (TPSA) is 78.9 Å². The lowest BCUT2D eigenvalue weighted by Crippen LogP contribution is -2.30. The van der Waals surface area contributed by atoms with E-state index in [9.17, 15) is 14.4 Å². The van der Waals surface area contributed by atoms with Crippen molar-refractivity contribution < 1.29 is 28.6 Å². The second-order valence-electron chi connectivity index (χ2n) is 20.6. The Hall–Kier alpha value is -4.19. The lowest BCUT2D eigenvalue weighted by Gasteiger charge is -2.18. The van der Waals surface area contributed by atoms with Gasteiger partial charge in [0.2, 0.25) is 0 Å². The summed E-state index contributed by atoms with van der Waals surface area (Å²) in [5.74, 6) is -0.926. The van der Waals surface area contributed by atoms with Crippen molar-refractivity contribution in [3.05, 3.63) is 122 Å². The van der Waals surface area contributed by atoms with Gasteiger partial charge in [0.25, 0.3) is 0 Å². The minimum absolute atomic E-state index is 0.0931. The van der Waals surface area contributed by atoms with Crippen molar-refractivity contribution in [2.45, 2.75) is 290 Å². The van der Waals surface area contributed by atoms with Gasteiger partial charge in [-0.2, -0.15) is 0 Å². The van der Waals surface area contributed by atoms with Crippen LogP contribution in [0.2, 0.25) is 0 Å². The van der Waals surface area contributed by atoms with Gasteiger partial charge in [0.05, 0.1) is 0 Å². The number of ether oxygens (including phenoxy) is 3. The van der Waals surface area contributed by atoms with E-state index >= 15 is 0 Å². The maximum absolute atomic E-state index is 12.9. The molecule has 0 aliphatic rings. The third-order valence-electron chi connectivity index (χ3n) is 13.2. The SMILES string of the molecule is CC/C=C\C/C=C\C/C=C\C/C=C\C/C=C\C/C=C\CCCCCCCCC(=O)OCC(COC(=O)CCCCCCCCCCCCCCCCCC)OC(=O)CCCCCC/C=C\C/C=C\C/C=C\C/C=C\CC. The minimum atomic E-state index is -0.800. The molecule has 0 rings (SSSR count). The van der Waals surface area contributed by atoms with Crippen LogP contribution >= 0.6 is 0 Å². The monoisotopic (exact) mass is 1050 g/mol. The first-order chi connectivity index (χ1) is 37.5. The van der Waals surface area contributed by atoms with Crippen molar-refractivity contribution in [2.75, 3.05) is 13.2 Å². The molecule has 432 valence electrons. The molecule has 0 radical (unpaired) electrons. The molecule has 0 aromatic rings. The number of carbonyl (C=O) groups is 3. The first-order valence-corrected chi connectivity index (χ1v) is 31.5. The lowest BCUT2D eigenvalue weighted by molar-refractivity contribution is -0.167. The van der Waals surface area contributed by atoms with E-state index < -0.39 is 6.10 Å². The van der Waals surface area contributed by atoms with E-state index in [-0.39, 0.29) is 31.1 Å². The summed E-state index contributed by atoms with van der Waals surface area (Å²) in [6, 6.07) is 0. The Morgan fingerprint density at radius 3 is 0.803 bits per heavy atom. The van der Waals surface area contributed by atoms with Gasteiger partial charge >= 0.3 is 17.9 Å². The molecule has 6 heteroatoms. The molecule has 0 saturated carbocycles. The Balaban J connectivity index is 4.43. The number of esters is 3. The fourth-order valence-corrected chi connectivity index (χ4v) is 8.56. The molecule has 0 aliphatic carbocycles. The number of hydrogen-bond donors (Lipinski definition) is 0. The van der Waals surface area contributed by atoms with Crippen LogP contribution in [0.4, 0.5) is 0 Å². The summed E-state index contributed by atoms with van der Waals surface area (Å²) >= 11 is 0. The smallest absolute Gasteiger partial charge is 0.306 e. The summed E-state index contributed by atoms with van der Waals surface area (Å²) in [5.41, 5.74) is 0. The molecule has 6 nitrogen and oxygen atoms in total. The maximum atomic E-state index is 12.9. The lowest BCUT2D eigenvalue weighted by atomic mass is 10.0. The van der Waals surface area contributed by atoms with Gasteiger partial charge in [0.1, 0.15) is 13.2 Å². The van der Waals surface area contributed by atoms with Crippen molar-refractivity contribution in [3.8, 4) is 0 Å². The fraction of sp³-hybridized carbons (Fsp3) is 0.671. The molecule has 76 heavy (non-hydrogen) atoms. The van der Waals surface area contributed by atoms with Gasteiger partial charge in [0, 0.05) is 19.3 Å². The molecule has 1 unspecified atom stereocenters. The van der Waals surface area contributed by atoms with Crippen LogP contribution < -0.4 is 0 Å². The van der Waals surface area contributed by atoms with E-state index in [0.29, 0.717) is 19.3 Å². The molecule has 0 aliphatic heterocycles. The van der Waals surface area contributed by atoms with Crippen molar-refractivity contribution in [1.29, 1.82) is 0 Å². The van der Waals surface area contributed by atoms with Gasteiger partial charge in [-0.15, -0.1) is 0 Å². The van der Waals surface area contributed by atoms with Crippen LogP contribution in [0.25, 0.3) is 0 Å². The van der Waals surface area contributed by atoms with Crippen LogP contribution in [-0.2, 0) is 28.6 Å². The van der Waals surface area contributed by atoms with Crippen molar-refractivity contribution >= 4 is 17.9 Å². The fourth-order valence-electron chi connectivity index (χ4n) is 8.56. The zero-order valence-electron chi connectivity index (χ0n) is 49.5. The molecule has 0 fully saturated rings. The molecule has 1 atom stereocenters. The number of hydrogen-bond acceptors (Lipinski definition) is 6. The van der Waals surface area contributed by atoms with Gasteiger partial charge in [-0.3, -0.25) is 14.4 Å². The molecular weight excluding hydrogens is 937 g/mol. The first kappa shape index (κ1) is 71.8. The van der Waals surface area contributed by atoms with Crippen LogP contribution in [0, 0.1) is 0 Å². The van der Waals surface area contributed by atoms with Gasteiger partial charge in [-0.25, -0.2) is 0 Å². The molecule has 0 heterocycles. The predicted octanol–water partition coefficient (Wildman–Crippen LogP) is 21.6. The van der Waals surface area contributed by atoms with E-state index in [1.165, 1.54) is 96.3 Å². The Morgan fingerprint density at radius 1 is 0.276 bits per heavy atom. The zero-order chi connectivity index (χ0) is 55.0. The molecule has 0 aromatic carbocycles. The Bertz CT molecular complexity index is 1590. The summed E-state index contributed by atoms with van der Waals surface area (Å²) in [6.07, 6.45) is 87.6. The van der Waals surface area contributed by atoms with E-state index in [1.807, 2.05) is 0 Å². The van der Waals surface area contributed by atoms with Crippen LogP contribution in [0.3, 0.4) is 0 Å². The van der Waals surface area contributed by atoms with E-state index in [1.54, 1.807) is 0 Å².